The number of nitro groups is 1. The van der Waals surface area contributed by atoms with Crippen LogP contribution in [-0.2, 0) is 4.79 Å². The molecule has 2 rings (SSSR count). The molecule has 0 aliphatic carbocycles. The van der Waals surface area contributed by atoms with Crippen LogP contribution in [0.3, 0.4) is 0 Å². The van der Waals surface area contributed by atoms with E-state index in [-0.39, 0.29) is 5.69 Å². The molecule has 0 aliphatic heterocycles. The molecule has 7 nitrogen and oxygen atoms in total. The second kappa shape index (κ2) is 8.21. The molecule has 1 unspecified atom stereocenters. The van der Waals surface area contributed by atoms with Crippen LogP contribution >= 0.6 is 15.9 Å². The zero-order valence-electron chi connectivity index (χ0n) is 12.7. The van der Waals surface area contributed by atoms with Crippen LogP contribution in [0.4, 0.5) is 5.69 Å². The minimum atomic E-state index is -0.728. The summed E-state index contributed by atoms with van der Waals surface area (Å²) in [6.45, 7) is 1.61. The number of hydrogen-bond donors (Lipinski definition) is 1. The number of halogens is 1. The van der Waals surface area contributed by atoms with Crippen LogP contribution in [0.2, 0.25) is 0 Å². The molecule has 1 atom stereocenters. The van der Waals surface area contributed by atoms with Gasteiger partial charge in [-0.2, -0.15) is 5.10 Å². The molecule has 0 radical (unpaired) electrons. The van der Waals surface area contributed by atoms with Gasteiger partial charge in [0.1, 0.15) is 5.75 Å². The maximum atomic E-state index is 11.9. The lowest BCUT2D eigenvalue weighted by molar-refractivity contribution is -0.384. The van der Waals surface area contributed by atoms with E-state index in [1.807, 2.05) is 6.07 Å². The lowest BCUT2D eigenvalue weighted by atomic mass is 10.2. The Labute approximate surface area is 146 Å². The fraction of sp³-hybridized carbons (Fsp3) is 0.125. The summed E-state index contributed by atoms with van der Waals surface area (Å²) < 4.78 is 6.36. The summed E-state index contributed by atoms with van der Waals surface area (Å²) >= 11 is 3.32. The number of hydrazone groups is 1. The van der Waals surface area contributed by atoms with Crippen molar-refractivity contribution in [1.82, 2.24) is 5.43 Å². The van der Waals surface area contributed by atoms with Crippen LogP contribution in [-0.4, -0.2) is 23.1 Å². The molecule has 124 valence electrons. The van der Waals surface area contributed by atoms with Crippen LogP contribution < -0.4 is 10.2 Å². The van der Waals surface area contributed by atoms with Gasteiger partial charge >= 0.3 is 0 Å². The van der Waals surface area contributed by atoms with Gasteiger partial charge in [0.2, 0.25) is 0 Å². The van der Waals surface area contributed by atoms with Crippen molar-refractivity contribution < 1.29 is 14.5 Å². The predicted octanol–water partition coefficient (Wildman–Crippen LogP) is 3.27. The van der Waals surface area contributed by atoms with E-state index < -0.39 is 16.9 Å². The fourth-order valence-electron chi connectivity index (χ4n) is 1.74. The molecule has 0 fully saturated rings. The van der Waals surface area contributed by atoms with Crippen molar-refractivity contribution in [3.63, 3.8) is 0 Å². The number of amides is 1. The molecule has 0 heterocycles. The quantitative estimate of drug-likeness (QED) is 0.464. The Morgan fingerprint density at radius 2 is 2.04 bits per heavy atom. The third kappa shape index (κ3) is 5.17. The molecule has 0 saturated carbocycles. The molecule has 2 aromatic rings. The summed E-state index contributed by atoms with van der Waals surface area (Å²) in [5.74, 6) is 0.152. The first kappa shape index (κ1) is 17.6. The first-order chi connectivity index (χ1) is 11.5. The summed E-state index contributed by atoms with van der Waals surface area (Å²) in [5.41, 5.74) is 2.98. The normalized spacial score (nSPS) is 11.9. The summed E-state index contributed by atoms with van der Waals surface area (Å²) in [6.07, 6.45) is 0.668. The lowest BCUT2D eigenvalue weighted by Gasteiger charge is -2.12. The van der Waals surface area contributed by atoms with E-state index >= 15 is 0 Å². The minimum Gasteiger partial charge on any atom is -0.481 e. The van der Waals surface area contributed by atoms with Gasteiger partial charge in [0.05, 0.1) is 11.1 Å². The maximum absolute atomic E-state index is 11.9. The molecule has 1 amide bonds. The van der Waals surface area contributed by atoms with Gasteiger partial charge in [-0.15, -0.1) is 0 Å². The summed E-state index contributed by atoms with van der Waals surface area (Å²) in [5, 5.41) is 14.4. The van der Waals surface area contributed by atoms with Crippen molar-refractivity contribution >= 4 is 33.7 Å². The Balaban J connectivity index is 1.88. The second-order valence-electron chi connectivity index (χ2n) is 4.80. The first-order valence-corrected chi connectivity index (χ1v) is 7.74. The van der Waals surface area contributed by atoms with Crippen molar-refractivity contribution in [3.05, 3.63) is 68.7 Å². The molecule has 2 aromatic carbocycles. The largest absolute Gasteiger partial charge is 0.481 e. The molecule has 0 aliphatic rings. The van der Waals surface area contributed by atoms with Crippen LogP contribution in [0.5, 0.6) is 5.75 Å². The number of non-ortho nitro benzene ring substituents is 1. The maximum Gasteiger partial charge on any atom is 0.280 e. The van der Waals surface area contributed by atoms with Crippen molar-refractivity contribution in [1.29, 1.82) is 0 Å². The number of hydrogen-bond acceptors (Lipinski definition) is 5. The van der Waals surface area contributed by atoms with Gasteiger partial charge in [-0.05, 0) is 42.8 Å². The molecule has 24 heavy (non-hydrogen) atoms. The molecule has 0 aromatic heterocycles. The van der Waals surface area contributed by atoms with Gasteiger partial charge in [-0.3, -0.25) is 14.9 Å². The van der Waals surface area contributed by atoms with Crippen molar-refractivity contribution in [2.75, 3.05) is 0 Å². The number of rotatable bonds is 6. The van der Waals surface area contributed by atoms with Crippen molar-refractivity contribution in [2.24, 2.45) is 5.10 Å². The van der Waals surface area contributed by atoms with E-state index in [0.29, 0.717) is 11.3 Å². The highest BCUT2D eigenvalue weighted by molar-refractivity contribution is 9.10. The topological polar surface area (TPSA) is 93.8 Å². The number of ether oxygens (including phenoxy) is 1. The predicted molar refractivity (Wildman–Crippen MR) is 93.1 cm³/mol. The van der Waals surface area contributed by atoms with Crippen molar-refractivity contribution in [3.8, 4) is 5.75 Å². The summed E-state index contributed by atoms with van der Waals surface area (Å²) in [7, 11) is 0. The van der Waals surface area contributed by atoms with Gasteiger partial charge < -0.3 is 4.74 Å². The summed E-state index contributed by atoms with van der Waals surface area (Å²) in [6, 6.07) is 13.0. The van der Waals surface area contributed by atoms with E-state index in [1.54, 1.807) is 25.1 Å². The zero-order chi connectivity index (χ0) is 17.5. The zero-order valence-corrected chi connectivity index (χ0v) is 14.3. The van der Waals surface area contributed by atoms with E-state index in [0.717, 1.165) is 4.47 Å². The highest BCUT2D eigenvalue weighted by Gasteiger charge is 2.13. The molecular weight excluding hydrogens is 378 g/mol. The molecule has 0 spiro atoms. The molecule has 1 N–H and O–H groups in total. The monoisotopic (exact) mass is 391 g/mol. The molecule has 0 bridgehead atoms. The Hall–Kier alpha value is -2.74. The smallest absolute Gasteiger partial charge is 0.280 e. The third-order valence-corrected chi connectivity index (χ3v) is 3.46. The Morgan fingerprint density at radius 3 is 2.67 bits per heavy atom. The average Bonchev–Trinajstić information content (AvgIpc) is 2.55. The lowest BCUT2D eigenvalue weighted by Crippen LogP contribution is -2.33. The Kier molecular flexibility index (Phi) is 6.02. The van der Waals surface area contributed by atoms with E-state index in [4.69, 9.17) is 4.74 Å². The second-order valence-corrected chi connectivity index (χ2v) is 5.72. The van der Waals surface area contributed by atoms with Gasteiger partial charge in [0.25, 0.3) is 11.6 Å². The number of carbonyl (C=O) groups excluding carboxylic acids is 1. The first-order valence-electron chi connectivity index (χ1n) is 6.95. The van der Waals surface area contributed by atoms with E-state index in [2.05, 4.69) is 26.5 Å². The van der Waals surface area contributed by atoms with Crippen LogP contribution in [0, 0.1) is 10.1 Å². The van der Waals surface area contributed by atoms with Crippen molar-refractivity contribution in [2.45, 2.75) is 13.0 Å². The van der Waals surface area contributed by atoms with Gasteiger partial charge in [-0.1, -0.05) is 22.0 Å². The average molecular weight is 392 g/mol. The number of nitro benzene ring substituents is 1. The van der Waals surface area contributed by atoms with Crippen LogP contribution in [0.25, 0.3) is 0 Å². The van der Waals surface area contributed by atoms with Gasteiger partial charge in [-0.25, -0.2) is 5.43 Å². The number of nitrogens with one attached hydrogen (secondary N) is 1. The Bertz CT molecular complexity index is 762. The molecular formula is C16H14BrN3O4. The molecule has 8 heteroatoms. The Morgan fingerprint density at radius 1 is 1.33 bits per heavy atom. The van der Waals surface area contributed by atoms with Crippen LogP contribution in [0.15, 0.2) is 58.1 Å². The number of benzene rings is 2. The fourth-order valence-corrected chi connectivity index (χ4v) is 2.12. The van der Waals surface area contributed by atoms with E-state index in [9.17, 15) is 14.9 Å². The van der Waals surface area contributed by atoms with E-state index in [1.165, 1.54) is 30.5 Å². The van der Waals surface area contributed by atoms with Gasteiger partial charge in [0.15, 0.2) is 6.10 Å². The third-order valence-electron chi connectivity index (χ3n) is 2.97. The molecule has 0 saturated heterocycles. The summed E-state index contributed by atoms with van der Waals surface area (Å²) in [4.78, 5) is 22.0. The van der Waals surface area contributed by atoms with Gasteiger partial charge in [0, 0.05) is 16.6 Å². The minimum absolute atomic E-state index is 0.00719. The highest BCUT2D eigenvalue weighted by atomic mass is 79.9. The SMILES string of the molecule is CC(Oc1cccc(Br)c1)C(=O)N/N=C/c1ccc([N+](=O)[O-])cc1. The number of nitrogens with zero attached hydrogens (tertiary/aromatic N) is 2. The number of carbonyl (C=O) groups is 1. The highest BCUT2D eigenvalue weighted by Crippen LogP contribution is 2.18. The van der Waals surface area contributed by atoms with Crippen LogP contribution in [0.1, 0.15) is 12.5 Å². The standard InChI is InChI=1S/C16H14BrN3O4/c1-11(24-15-4-2-3-13(17)9-15)16(21)19-18-10-12-5-7-14(8-6-12)20(22)23/h2-11H,1H3,(H,19,21)/b18-10+.